The number of fused-ring (bicyclic) bond motifs is 1. The number of benzene rings is 4. The van der Waals surface area contributed by atoms with Gasteiger partial charge in [-0.15, -0.1) is 0 Å². The van der Waals surface area contributed by atoms with Crippen LogP contribution in [0.2, 0.25) is 0 Å². The minimum absolute atomic E-state index is 0.0916. The highest BCUT2D eigenvalue weighted by molar-refractivity contribution is 5.83. The van der Waals surface area contributed by atoms with Crippen molar-refractivity contribution in [2.45, 2.75) is 38.3 Å². The SMILES string of the molecule is CCCCC(c1ccc(-c2ccc(C#N)c(F)c2)c(F)c1)C(F)c1ccc2ccccc2c1. The van der Waals surface area contributed by atoms with Gasteiger partial charge in [0.2, 0.25) is 0 Å². The van der Waals surface area contributed by atoms with E-state index in [2.05, 4.69) is 0 Å². The zero-order valence-corrected chi connectivity index (χ0v) is 18.4. The van der Waals surface area contributed by atoms with E-state index >= 15 is 8.78 Å². The highest BCUT2D eigenvalue weighted by Crippen LogP contribution is 2.40. The Labute approximate surface area is 192 Å². The zero-order valence-electron chi connectivity index (χ0n) is 18.4. The molecule has 33 heavy (non-hydrogen) atoms. The summed E-state index contributed by atoms with van der Waals surface area (Å²) < 4.78 is 44.9. The van der Waals surface area contributed by atoms with E-state index in [-0.39, 0.29) is 11.1 Å². The molecular formula is C29H24F3N. The first-order valence-corrected chi connectivity index (χ1v) is 11.1. The molecule has 0 aliphatic carbocycles. The maximum Gasteiger partial charge on any atom is 0.141 e. The van der Waals surface area contributed by atoms with Crippen molar-refractivity contribution in [3.05, 3.63) is 107 Å². The Morgan fingerprint density at radius 2 is 1.58 bits per heavy atom. The molecule has 0 spiro atoms. The first-order valence-electron chi connectivity index (χ1n) is 11.1. The normalized spacial score (nSPS) is 12.9. The molecule has 4 heteroatoms. The fourth-order valence-corrected chi connectivity index (χ4v) is 4.29. The van der Waals surface area contributed by atoms with Gasteiger partial charge in [0.25, 0.3) is 0 Å². The molecule has 2 unspecified atom stereocenters. The van der Waals surface area contributed by atoms with Crippen molar-refractivity contribution < 1.29 is 13.2 Å². The van der Waals surface area contributed by atoms with E-state index in [9.17, 15) is 4.39 Å². The lowest BCUT2D eigenvalue weighted by molar-refractivity contribution is 0.274. The maximum absolute atomic E-state index is 15.8. The fourth-order valence-electron chi connectivity index (χ4n) is 4.29. The summed E-state index contributed by atoms with van der Waals surface area (Å²) in [6.45, 7) is 2.05. The van der Waals surface area contributed by atoms with E-state index in [0.29, 0.717) is 23.1 Å². The lowest BCUT2D eigenvalue weighted by Crippen LogP contribution is -2.08. The monoisotopic (exact) mass is 443 g/mol. The summed E-state index contributed by atoms with van der Waals surface area (Å²) in [5.74, 6) is -1.73. The van der Waals surface area contributed by atoms with Crippen LogP contribution in [0.25, 0.3) is 21.9 Å². The summed E-state index contributed by atoms with van der Waals surface area (Å²) in [4.78, 5) is 0. The molecule has 0 aliphatic rings. The number of alkyl halides is 1. The van der Waals surface area contributed by atoms with Crippen molar-refractivity contribution in [3.8, 4) is 17.2 Å². The van der Waals surface area contributed by atoms with Crippen LogP contribution in [0.4, 0.5) is 13.2 Å². The first kappa shape index (κ1) is 22.6. The van der Waals surface area contributed by atoms with Crippen molar-refractivity contribution in [2.24, 2.45) is 0 Å². The second-order valence-electron chi connectivity index (χ2n) is 8.30. The molecule has 0 amide bonds. The van der Waals surface area contributed by atoms with Gasteiger partial charge in [-0.25, -0.2) is 13.2 Å². The molecule has 0 saturated heterocycles. The molecule has 0 aliphatic heterocycles. The molecule has 0 bridgehead atoms. The average Bonchev–Trinajstić information content (AvgIpc) is 2.84. The quantitative estimate of drug-likeness (QED) is 0.280. The van der Waals surface area contributed by atoms with E-state index in [1.54, 1.807) is 24.3 Å². The Hall–Kier alpha value is -3.58. The van der Waals surface area contributed by atoms with Crippen LogP contribution in [0.15, 0.2) is 78.9 Å². The summed E-state index contributed by atoms with van der Waals surface area (Å²) >= 11 is 0. The zero-order chi connectivity index (χ0) is 23.4. The molecule has 4 aromatic carbocycles. The maximum atomic E-state index is 15.8. The van der Waals surface area contributed by atoms with Gasteiger partial charge in [-0.1, -0.05) is 74.4 Å². The lowest BCUT2D eigenvalue weighted by atomic mass is 9.85. The van der Waals surface area contributed by atoms with Crippen LogP contribution in [-0.2, 0) is 0 Å². The van der Waals surface area contributed by atoms with Gasteiger partial charge in [-0.05, 0) is 58.1 Å². The molecular weight excluding hydrogens is 419 g/mol. The van der Waals surface area contributed by atoms with Crippen molar-refractivity contribution in [1.29, 1.82) is 5.26 Å². The van der Waals surface area contributed by atoms with Gasteiger partial charge < -0.3 is 0 Å². The highest BCUT2D eigenvalue weighted by atomic mass is 19.1. The van der Waals surface area contributed by atoms with Crippen molar-refractivity contribution in [3.63, 3.8) is 0 Å². The molecule has 0 heterocycles. The van der Waals surface area contributed by atoms with Gasteiger partial charge in [0.1, 0.15) is 23.9 Å². The van der Waals surface area contributed by atoms with Crippen LogP contribution in [0.3, 0.4) is 0 Å². The van der Waals surface area contributed by atoms with Gasteiger partial charge >= 0.3 is 0 Å². The van der Waals surface area contributed by atoms with Gasteiger partial charge in [-0.3, -0.25) is 0 Å². The third kappa shape index (κ3) is 4.78. The number of nitrogens with zero attached hydrogens (tertiary/aromatic N) is 1. The smallest absolute Gasteiger partial charge is 0.141 e. The average molecular weight is 444 g/mol. The summed E-state index contributed by atoms with van der Waals surface area (Å²) in [6, 6.07) is 23.8. The van der Waals surface area contributed by atoms with E-state index in [4.69, 9.17) is 5.26 Å². The standard InChI is InChI=1S/C29H24F3N/c1-2-3-8-26(29(32)23-11-9-19-6-4-5-7-20(19)15-23)22-13-14-25(28(31)17-22)21-10-12-24(18-33)27(30)16-21/h4-7,9-17,26,29H,2-3,8H2,1H3. The van der Waals surface area contributed by atoms with Crippen LogP contribution in [0.1, 0.15) is 55.0 Å². The molecule has 2 atom stereocenters. The molecule has 0 N–H and O–H groups in total. The minimum Gasteiger partial charge on any atom is -0.242 e. The predicted molar refractivity (Wildman–Crippen MR) is 127 cm³/mol. The van der Waals surface area contributed by atoms with Gasteiger partial charge in [0.05, 0.1) is 5.56 Å². The fraction of sp³-hybridized carbons (Fsp3) is 0.207. The Bertz CT molecular complexity index is 1320. The number of hydrogen-bond acceptors (Lipinski definition) is 1. The number of hydrogen-bond donors (Lipinski definition) is 0. The Morgan fingerprint density at radius 3 is 2.27 bits per heavy atom. The number of halogens is 3. The second kappa shape index (κ2) is 9.92. The molecule has 166 valence electrons. The third-order valence-electron chi connectivity index (χ3n) is 6.14. The Balaban J connectivity index is 1.68. The largest absolute Gasteiger partial charge is 0.242 e. The molecule has 0 fully saturated rings. The Kier molecular flexibility index (Phi) is 6.79. The molecule has 0 radical (unpaired) electrons. The van der Waals surface area contributed by atoms with Crippen LogP contribution in [-0.4, -0.2) is 0 Å². The molecule has 0 aromatic heterocycles. The molecule has 4 aromatic rings. The molecule has 4 rings (SSSR count). The topological polar surface area (TPSA) is 23.8 Å². The third-order valence-corrected chi connectivity index (χ3v) is 6.14. The predicted octanol–water partition coefficient (Wildman–Crippen LogP) is 8.64. The molecule has 1 nitrogen and oxygen atoms in total. The van der Waals surface area contributed by atoms with Gasteiger partial charge in [0.15, 0.2) is 0 Å². The first-order chi connectivity index (χ1) is 16.0. The van der Waals surface area contributed by atoms with Crippen molar-refractivity contribution in [1.82, 2.24) is 0 Å². The van der Waals surface area contributed by atoms with Crippen LogP contribution in [0, 0.1) is 23.0 Å². The van der Waals surface area contributed by atoms with E-state index in [1.807, 2.05) is 43.3 Å². The lowest BCUT2D eigenvalue weighted by Gasteiger charge is -2.23. The van der Waals surface area contributed by atoms with E-state index in [1.165, 1.54) is 18.2 Å². The van der Waals surface area contributed by atoms with Crippen LogP contribution in [0.5, 0.6) is 0 Å². The minimum atomic E-state index is -1.28. The number of nitriles is 1. The van der Waals surface area contributed by atoms with Gasteiger partial charge in [0, 0.05) is 11.5 Å². The molecule has 0 saturated carbocycles. The van der Waals surface area contributed by atoms with Crippen molar-refractivity contribution >= 4 is 10.8 Å². The highest BCUT2D eigenvalue weighted by Gasteiger charge is 2.25. The summed E-state index contributed by atoms with van der Waals surface area (Å²) in [6.07, 6.45) is 1.04. The summed E-state index contributed by atoms with van der Waals surface area (Å²) in [5.41, 5.74) is 1.63. The van der Waals surface area contributed by atoms with E-state index in [0.717, 1.165) is 29.7 Å². The summed E-state index contributed by atoms with van der Waals surface area (Å²) in [5, 5.41) is 10.9. The van der Waals surface area contributed by atoms with E-state index < -0.39 is 23.7 Å². The second-order valence-corrected chi connectivity index (χ2v) is 8.30. The van der Waals surface area contributed by atoms with Crippen LogP contribution < -0.4 is 0 Å². The van der Waals surface area contributed by atoms with Gasteiger partial charge in [-0.2, -0.15) is 5.26 Å². The van der Waals surface area contributed by atoms with Crippen molar-refractivity contribution in [2.75, 3.05) is 0 Å². The number of rotatable bonds is 7. The van der Waals surface area contributed by atoms with Crippen LogP contribution >= 0.6 is 0 Å². The Morgan fingerprint density at radius 1 is 0.818 bits per heavy atom. The summed E-state index contributed by atoms with van der Waals surface area (Å²) in [7, 11) is 0. The number of unbranched alkanes of at least 4 members (excludes halogenated alkanes) is 1.